The van der Waals surface area contributed by atoms with E-state index in [9.17, 15) is 0 Å². The van der Waals surface area contributed by atoms with Crippen LogP contribution in [0.5, 0.6) is 0 Å². The van der Waals surface area contributed by atoms with Crippen LogP contribution in [0.1, 0.15) is 6.92 Å². The van der Waals surface area contributed by atoms with Crippen LogP contribution in [0.4, 0.5) is 0 Å². The van der Waals surface area contributed by atoms with Crippen molar-refractivity contribution >= 4 is 27.0 Å². The summed E-state index contributed by atoms with van der Waals surface area (Å²) in [7, 11) is 0. The summed E-state index contributed by atoms with van der Waals surface area (Å²) < 4.78 is 7.57. The van der Waals surface area contributed by atoms with Crippen molar-refractivity contribution in [2.45, 2.75) is 13.5 Å². The first-order valence-corrected chi connectivity index (χ1v) is 5.88. The molecule has 0 spiro atoms. The van der Waals surface area contributed by atoms with Gasteiger partial charge < -0.3 is 4.57 Å². The zero-order valence-corrected chi connectivity index (χ0v) is 10.5. The van der Waals surface area contributed by atoms with Crippen LogP contribution in [0.2, 0.25) is 0 Å². The second-order valence-electron chi connectivity index (χ2n) is 3.46. The summed E-state index contributed by atoms with van der Waals surface area (Å²) in [5.41, 5.74) is 2.44. The summed E-state index contributed by atoms with van der Waals surface area (Å²) >= 11 is 3.48. The first-order valence-electron chi connectivity index (χ1n) is 5.09. The van der Waals surface area contributed by atoms with E-state index < -0.39 is 0 Å². The van der Waals surface area contributed by atoms with E-state index in [1.54, 1.807) is 18.6 Å². The minimum atomic E-state index is 0.620. The summed E-state index contributed by atoms with van der Waals surface area (Å²) in [6, 6.07) is 0. The molecule has 0 radical (unpaired) electrons. The second-order valence-corrected chi connectivity index (χ2v) is 4.32. The van der Waals surface area contributed by atoms with Crippen molar-refractivity contribution in [3.05, 3.63) is 23.1 Å². The third kappa shape index (κ3) is 1.54. The van der Waals surface area contributed by atoms with Gasteiger partial charge in [-0.25, -0.2) is 9.61 Å². The number of aromatic nitrogens is 5. The molecule has 0 atom stereocenters. The summed E-state index contributed by atoms with van der Waals surface area (Å²) in [4.78, 5) is 8.60. The van der Waals surface area contributed by atoms with E-state index in [4.69, 9.17) is 0 Å². The van der Waals surface area contributed by atoms with E-state index in [2.05, 4.69) is 40.8 Å². The van der Waals surface area contributed by atoms with Gasteiger partial charge >= 0.3 is 0 Å². The number of fused-ring (bicyclic) bond motifs is 1. The Morgan fingerprint density at radius 2 is 2.24 bits per heavy atom. The van der Waals surface area contributed by atoms with E-state index in [0.717, 1.165) is 27.9 Å². The molecule has 0 aromatic carbocycles. The van der Waals surface area contributed by atoms with Crippen molar-refractivity contribution in [1.29, 1.82) is 0 Å². The Balaban J connectivity index is 2.37. The fourth-order valence-corrected chi connectivity index (χ4v) is 2.35. The third-order valence-corrected chi connectivity index (χ3v) is 3.09. The van der Waals surface area contributed by atoms with Gasteiger partial charge in [-0.15, -0.1) is 0 Å². The number of imidazole rings is 1. The highest BCUT2D eigenvalue weighted by atomic mass is 79.9. The molecule has 0 fully saturated rings. The number of rotatable bonds is 2. The minimum absolute atomic E-state index is 0.620. The zero-order valence-electron chi connectivity index (χ0n) is 8.96. The standard InChI is InChI=1S/C10H8BrN5O/c1-2-16-9-6(11)3-12-4-7(9)14-10(16)8-5-13-17-15-8/h3-5H,2H2,1H3. The molecule has 3 rings (SSSR count). The number of hydrogen-bond acceptors (Lipinski definition) is 5. The number of halogens is 1. The van der Waals surface area contributed by atoms with Gasteiger partial charge in [0.15, 0.2) is 11.5 Å². The van der Waals surface area contributed by atoms with Gasteiger partial charge in [0.2, 0.25) is 0 Å². The van der Waals surface area contributed by atoms with Crippen molar-refractivity contribution in [3.63, 3.8) is 0 Å². The molecule has 0 saturated heterocycles. The monoisotopic (exact) mass is 293 g/mol. The largest absolute Gasteiger partial charge is 0.322 e. The van der Waals surface area contributed by atoms with E-state index in [1.165, 1.54) is 0 Å². The Bertz CT molecular complexity index is 661. The molecule has 17 heavy (non-hydrogen) atoms. The van der Waals surface area contributed by atoms with Crippen LogP contribution in [0, 0.1) is 0 Å². The summed E-state index contributed by atoms with van der Waals surface area (Å²) in [6.07, 6.45) is 5.03. The average Bonchev–Trinajstić information content (AvgIpc) is 2.95. The maximum atomic E-state index is 4.61. The first kappa shape index (κ1) is 10.4. The van der Waals surface area contributed by atoms with Crippen molar-refractivity contribution in [3.8, 4) is 11.5 Å². The van der Waals surface area contributed by atoms with Crippen LogP contribution < -0.4 is 0 Å². The Labute approximate surface area is 105 Å². The highest BCUT2D eigenvalue weighted by molar-refractivity contribution is 9.10. The molecule has 0 N–H and O–H groups in total. The van der Waals surface area contributed by atoms with Gasteiger partial charge in [-0.2, -0.15) is 0 Å². The lowest BCUT2D eigenvalue weighted by Crippen LogP contribution is -1.98. The number of nitrogens with zero attached hydrogens (tertiary/aromatic N) is 5. The van der Waals surface area contributed by atoms with Crippen LogP contribution >= 0.6 is 15.9 Å². The SMILES string of the molecule is CCn1c(-c2cnon2)nc2cncc(Br)c21. The highest BCUT2D eigenvalue weighted by Crippen LogP contribution is 2.27. The number of hydrogen-bond donors (Lipinski definition) is 0. The number of aryl methyl sites for hydroxylation is 1. The normalized spacial score (nSPS) is 11.2. The fourth-order valence-electron chi connectivity index (χ4n) is 1.81. The van der Waals surface area contributed by atoms with Crippen molar-refractivity contribution < 1.29 is 4.63 Å². The summed E-state index contributed by atoms with van der Waals surface area (Å²) in [6.45, 7) is 2.83. The molecule has 86 valence electrons. The molecule has 0 aliphatic rings. The van der Waals surface area contributed by atoms with Crippen molar-refractivity contribution in [2.24, 2.45) is 0 Å². The van der Waals surface area contributed by atoms with Crippen LogP contribution in [0.25, 0.3) is 22.6 Å². The summed E-state index contributed by atoms with van der Waals surface area (Å²) in [5, 5.41) is 7.41. The van der Waals surface area contributed by atoms with Crippen molar-refractivity contribution in [2.75, 3.05) is 0 Å². The number of pyridine rings is 1. The van der Waals surface area contributed by atoms with Gasteiger partial charge in [-0.1, -0.05) is 5.16 Å². The Morgan fingerprint density at radius 3 is 2.94 bits per heavy atom. The van der Waals surface area contributed by atoms with Gasteiger partial charge in [0.1, 0.15) is 11.7 Å². The molecule has 3 aromatic heterocycles. The molecule has 0 aliphatic carbocycles. The maximum Gasteiger partial charge on any atom is 0.170 e. The van der Waals surface area contributed by atoms with Crippen molar-refractivity contribution in [1.82, 2.24) is 24.8 Å². The molecular weight excluding hydrogens is 286 g/mol. The molecule has 6 nitrogen and oxygen atoms in total. The topological polar surface area (TPSA) is 69.6 Å². The highest BCUT2D eigenvalue weighted by Gasteiger charge is 2.16. The van der Waals surface area contributed by atoms with Gasteiger partial charge in [-0.05, 0) is 28.0 Å². The fraction of sp³-hybridized carbons (Fsp3) is 0.200. The molecule has 0 amide bonds. The zero-order chi connectivity index (χ0) is 11.8. The molecule has 3 aromatic rings. The second kappa shape index (κ2) is 3.92. The van der Waals surface area contributed by atoms with E-state index in [1.807, 2.05) is 11.5 Å². The average molecular weight is 294 g/mol. The molecular formula is C10H8BrN5O. The van der Waals surface area contributed by atoms with Crippen LogP contribution in [-0.2, 0) is 6.54 Å². The predicted molar refractivity (Wildman–Crippen MR) is 64.2 cm³/mol. The molecule has 0 saturated carbocycles. The predicted octanol–water partition coefficient (Wildman–Crippen LogP) is 2.26. The van der Waals surface area contributed by atoms with Crippen LogP contribution in [-0.4, -0.2) is 24.8 Å². The van der Waals surface area contributed by atoms with Crippen LogP contribution in [0.15, 0.2) is 27.7 Å². The lowest BCUT2D eigenvalue weighted by molar-refractivity contribution is 0.308. The smallest absolute Gasteiger partial charge is 0.170 e. The van der Waals surface area contributed by atoms with E-state index in [-0.39, 0.29) is 0 Å². The third-order valence-electron chi connectivity index (χ3n) is 2.51. The van der Waals surface area contributed by atoms with Gasteiger partial charge in [-0.3, -0.25) is 4.98 Å². The Hall–Kier alpha value is -1.76. The lowest BCUT2D eigenvalue weighted by atomic mass is 10.4. The van der Waals surface area contributed by atoms with Gasteiger partial charge in [0, 0.05) is 12.7 Å². The molecule has 0 unspecified atom stereocenters. The molecule has 0 bridgehead atoms. The van der Waals surface area contributed by atoms with Crippen LogP contribution in [0.3, 0.4) is 0 Å². The van der Waals surface area contributed by atoms with Gasteiger partial charge in [0.25, 0.3) is 0 Å². The molecule has 3 heterocycles. The van der Waals surface area contributed by atoms with Gasteiger partial charge in [0.05, 0.1) is 16.2 Å². The van der Waals surface area contributed by atoms with E-state index in [0.29, 0.717) is 5.69 Å². The molecule has 7 heteroatoms. The Kier molecular flexibility index (Phi) is 2.40. The summed E-state index contributed by atoms with van der Waals surface area (Å²) in [5.74, 6) is 0.734. The first-order chi connectivity index (χ1) is 8.31. The lowest BCUT2D eigenvalue weighted by Gasteiger charge is -2.03. The quantitative estimate of drug-likeness (QED) is 0.725. The Morgan fingerprint density at radius 1 is 1.35 bits per heavy atom. The van der Waals surface area contributed by atoms with E-state index >= 15 is 0 Å². The maximum absolute atomic E-state index is 4.61. The molecule has 0 aliphatic heterocycles. The minimum Gasteiger partial charge on any atom is -0.322 e.